The van der Waals surface area contributed by atoms with Crippen molar-refractivity contribution in [3.05, 3.63) is 69.7 Å². The molecule has 3 aliphatic rings. The van der Waals surface area contributed by atoms with Crippen molar-refractivity contribution in [3.63, 3.8) is 0 Å². The van der Waals surface area contributed by atoms with Crippen molar-refractivity contribution in [2.75, 3.05) is 0 Å². The fraction of sp³-hybridized carbons (Fsp3) is 0.263. The van der Waals surface area contributed by atoms with E-state index in [4.69, 9.17) is 16.3 Å². The van der Waals surface area contributed by atoms with E-state index in [1.165, 1.54) is 6.92 Å². The standard InChI is InChI=1S/C19H15ClO3/c1-11(22)23-18-9-15-13-4-2-3-5-16(13)19(18,10-21)17-8-12(20)6-7-14(15)17/h2-8,10,15,18H,9H2,1H3. The van der Waals surface area contributed by atoms with E-state index in [-0.39, 0.29) is 11.9 Å². The molecular weight excluding hydrogens is 312 g/mol. The van der Waals surface area contributed by atoms with Crippen LogP contribution in [0.15, 0.2) is 42.5 Å². The van der Waals surface area contributed by atoms with Gasteiger partial charge in [0.25, 0.3) is 0 Å². The second kappa shape index (κ2) is 4.93. The van der Waals surface area contributed by atoms with Crippen LogP contribution in [0.3, 0.4) is 0 Å². The molecule has 0 fully saturated rings. The van der Waals surface area contributed by atoms with Gasteiger partial charge in [0, 0.05) is 17.9 Å². The molecular formula is C19H15ClO3. The molecule has 0 saturated heterocycles. The summed E-state index contributed by atoms with van der Waals surface area (Å²) in [6.07, 6.45) is 1.04. The van der Waals surface area contributed by atoms with E-state index in [9.17, 15) is 9.59 Å². The number of carbonyl (C=O) groups is 2. The first-order chi connectivity index (χ1) is 11.1. The average molecular weight is 327 g/mol. The molecule has 0 radical (unpaired) electrons. The van der Waals surface area contributed by atoms with Crippen molar-refractivity contribution < 1.29 is 14.3 Å². The molecule has 116 valence electrons. The lowest BCUT2D eigenvalue weighted by molar-refractivity contribution is -0.151. The SMILES string of the molecule is CC(=O)OC1CC2c3ccccc3C1(C=O)c1cc(Cl)ccc12. The first kappa shape index (κ1) is 14.5. The molecule has 23 heavy (non-hydrogen) atoms. The number of fused-ring (bicyclic) bond motifs is 1. The Bertz CT molecular complexity index is 829. The highest BCUT2D eigenvalue weighted by Gasteiger charge is 2.56. The van der Waals surface area contributed by atoms with Crippen LogP contribution < -0.4 is 0 Å². The summed E-state index contributed by atoms with van der Waals surface area (Å²) in [5, 5.41) is 0.580. The van der Waals surface area contributed by atoms with Gasteiger partial charge >= 0.3 is 5.97 Å². The summed E-state index contributed by atoms with van der Waals surface area (Å²) >= 11 is 6.19. The molecule has 0 aromatic heterocycles. The maximum Gasteiger partial charge on any atom is 0.302 e. The van der Waals surface area contributed by atoms with E-state index < -0.39 is 11.5 Å². The number of aldehydes is 1. The van der Waals surface area contributed by atoms with Crippen molar-refractivity contribution >= 4 is 23.9 Å². The van der Waals surface area contributed by atoms with Crippen molar-refractivity contribution in [3.8, 4) is 0 Å². The van der Waals surface area contributed by atoms with Crippen LogP contribution in [0.25, 0.3) is 0 Å². The fourth-order valence-corrected chi connectivity index (χ4v) is 4.40. The van der Waals surface area contributed by atoms with Gasteiger partial charge in [-0.1, -0.05) is 41.9 Å². The van der Waals surface area contributed by atoms with Gasteiger partial charge in [-0.3, -0.25) is 4.79 Å². The highest BCUT2D eigenvalue weighted by atomic mass is 35.5. The lowest BCUT2D eigenvalue weighted by Gasteiger charge is -2.50. The summed E-state index contributed by atoms with van der Waals surface area (Å²) in [4.78, 5) is 23.9. The van der Waals surface area contributed by atoms with Gasteiger partial charge in [-0.15, -0.1) is 0 Å². The van der Waals surface area contributed by atoms with Crippen LogP contribution in [0.1, 0.15) is 41.5 Å². The molecule has 2 bridgehead atoms. The maximum absolute atomic E-state index is 12.3. The number of ether oxygens (including phenoxy) is 1. The van der Waals surface area contributed by atoms with Gasteiger partial charge in [0.15, 0.2) is 0 Å². The van der Waals surface area contributed by atoms with Gasteiger partial charge < -0.3 is 9.53 Å². The number of hydrogen-bond donors (Lipinski definition) is 0. The third-order valence-corrected chi connectivity index (χ3v) is 5.31. The zero-order valence-electron chi connectivity index (χ0n) is 12.6. The van der Waals surface area contributed by atoms with E-state index in [0.717, 1.165) is 28.5 Å². The van der Waals surface area contributed by atoms with Crippen molar-refractivity contribution in [2.45, 2.75) is 30.8 Å². The molecule has 3 aliphatic carbocycles. The van der Waals surface area contributed by atoms with E-state index in [0.29, 0.717) is 11.4 Å². The molecule has 0 amide bonds. The van der Waals surface area contributed by atoms with Crippen molar-refractivity contribution in [1.29, 1.82) is 0 Å². The maximum atomic E-state index is 12.3. The first-order valence-corrected chi connectivity index (χ1v) is 7.98. The molecule has 3 nitrogen and oxygen atoms in total. The largest absolute Gasteiger partial charge is 0.461 e. The lowest BCUT2D eigenvalue weighted by Crippen LogP contribution is -2.53. The fourth-order valence-electron chi connectivity index (χ4n) is 4.23. The van der Waals surface area contributed by atoms with E-state index in [1.807, 2.05) is 36.4 Å². The molecule has 0 heterocycles. The Morgan fingerprint density at radius 2 is 1.96 bits per heavy atom. The number of esters is 1. The van der Waals surface area contributed by atoms with Gasteiger partial charge in [0.2, 0.25) is 0 Å². The Hall–Kier alpha value is -2.13. The Balaban J connectivity index is 2.05. The van der Waals surface area contributed by atoms with Crippen LogP contribution in [-0.4, -0.2) is 18.4 Å². The molecule has 3 atom stereocenters. The number of halogens is 1. The predicted molar refractivity (Wildman–Crippen MR) is 86.8 cm³/mol. The highest BCUT2D eigenvalue weighted by Crippen LogP contribution is 2.56. The molecule has 0 N–H and O–H groups in total. The Morgan fingerprint density at radius 3 is 2.70 bits per heavy atom. The summed E-state index contributed by atoms with van der Waals surface area (Å²) in [6, 6.07) is 13.6. The minimum atomic E-state index is -0.975. The van der Waals surface area contributed by atoms with E-state index in [2.05, 4.69) is 6.07 Å². The molecule has 0 spiro atoms. The summed E-state index contributed by atoms with van der Waals surface area (Å²) in [5.74, 6) is -0.255. The van der Waals surface area contributed by atoms with Crippen molar-refractivity contribution in [1.82, 2.24) is 0 Å². The van der Waals surface area contributed by atoms with Crippen LogP contribution in [0.2, 0.25) is 5.02 Å². The summed E-state index contributed by atoms with van der Waals surface area (Å²) < 4.78 is 5.56. The Morgan fingerprint density at radius 1 is 1.22 bits per heavy atom. The van der Waals surface area contributed by atoms with Gasteiger partial charge in [0.1, 0.15) is 17.8 Å². The Kier molecular flexibility index (Phi) is 3.10. The zero-order valence-corrected chi connectivity index (χ0v) is 13.3. The number of rotatable bonds is 2. The number of carbonyl (C=O) groups excluding carboxylic acids is 2. The average Bonchev–Trinajstić information content (AvgIpc) is 2.54. The van der Waals surface area contributed by atoms with Crippen LogP contribution in [0.4, 0.5) is 0 Å². The van der Waals surface area contributed by atoms with Crippen LogP contribution in [0.5, 0.6) is 0 Å². The second-order valence-corrected chi connectivity index (χ2v) is 6.63. The highest BCUT2D eigenvalue weighted by molar-refractivity contribution is 6.30. The topological polar surface area (TPSA) is 43.4 Å². The molecule has 2 aromatic rings. The predicted octanol–water partition coefficient (Wildman–Crippen LogP) is 3.61. The third-order valence-electron chi connectivity index (χ3n) is 5.07. The minimum absolute atomic E-state index is 0.115. The van der Waals surface area contributed by atoms with Gasteiger partial charge in [0.05, 0.1) is 0 Å². The zero-order chi connectivity index (χ0) is 16.2. The monoisotopic (exact) mass is 326 g/mol. The minimum Gasteiger partial charge on any atom is -0.461 e. The first-order valence-electron chi connectivity index (χ1n) is 7.61. The lowest BCUT2D eigenvalue weighted by atomic mass is 9.54. The molecule has 4 heteroatoms. The van der Waals surface area contributed by atoms with Crippen LogP contribution in [-0.2, 0) is 19.7 Å². The third kappa shape index (κ3) is 1.83. The summed E-state index contributed by atoms with van der Waals surface area (Å²) in [7, 11) is 0. The van der Waals surface area contributed by atoms with E-state index >= 15 is 0 Å². The van der Waals surface area contributed by atoms with E-state index in [1.54, 1.807) is 0 Å². The van der Waals surface area contributed by atoms with Gasteiger partial charge in [-0.25, -0.2) is 0 Å². The van der Waals surface area contributed by atoms with Gasteiger partial charge in [-0.2, -0.15) is 0 Å². The summed E-state index contributed by atoms with van der Waals surface area (Å²) in [5.41, 5.74) is 3.05. The smallest absolute Gasteiger partial charge is 0.302 e. The van der Waals surface area contributed by atoms with Crippen molar-refractivity contribution in [2.24, 2.45) is 0 Å². The molecule has 3 unspecified atom stereocenters. The summed E-state index contributed by atoms with van der Waals surface area (Å²) in [6.45, 7) is 1.38. The molecule has 0 aliphatic heterocycles. The van der Waals surface area contributed by atoms with Gasteiger partial charge in [-0.05, 0) is 40.8 Å². The van der Waals surface area contributed by atoms with Crippen LogP contribution >= 0.6 is 11.6 Å². The normalized spacial score (nSPS) is 27.0. The number of hydrogen-bond acceptors (Lipinski definition) is 3. The quantitative estimate of drug-likeness (QED) is 0.625. The van der Waals surface area contributed by atoms with Crippen LogP contribution in [0, 0.1) is 0 Å². The molecule has 2 aromatic carbocycles. The number of benzene rings is 2. The second-order valence-electron chi connectivity index (χ2n) is 6.19. The molecule has 5 rings (SSSR count). The molecule has 0 saturated carbocycles. The Labute approximate surface area is 139 Å².